The molecule has 0 aromatic carbocycles. The molecule has 0 radical (unpaired) electrons. The van der Waals surface area contributed by atoms with Crippen molar-refractivity contribution in [2.75, 3.05) is 64.6 Å². The first-order valence-corrected chi connectivity index (χ1v) is 26.4. The van der Waals surface area contributed by atoms with Gasteiger partial charge in [0.2, 0.25) is 0 Å². The van der Waals surface area contributed by atoms with Gasteiger partial charge in [-0.2, -0.15) is 0 Å². The Morgan fingerprint density at radius 3 is 1.28 bits per heavy atom. The van der Waals surface area contributed by atoms with Gasteiger partial charge < -0.3 is 44.4 Å². The first-order chi connectivity index (χ1) is 36.7. The van der Waals surface area contributed by atoms with Crippen LogP contribution in [0.3, 0.4) is 0 Å². The maximum absolute atomic E-state index is 13.7. The Hall–Kier alpha value is -7.27. The van der Waals surface area contributed by atoms with E-state index in [2.05, 4.69) is 39.4 Å². The number of aromatic nitrogens is 4. The standard InChI is InChI=1S/C52H80N8O16/c1-4-43(61)71-36-38-73-45(63)24-14-12-22-34-75-48(66)55-28-17-7-10-20-32-59-50(68)58(31-19-9-6-16-27-54-47(65)57-42-40-41(3)26-30-53-42)51(69)60(52(59)70)33-21-11-8-18-29-56-49(67)76-35-23-13-15-25-46(64)74-39-37-72-44(62)5-2/h4-5,26,30,40H,1-2,6-25,27-29,31-39H2,3H3,(H,55,66)(H,56,67)(H2,53,54,57,65). The van der Waals surface area contributed by atoms with Gasteiger partial charge in [-0.25, -0.2) is 57.0 Å². The molecule has 24 heteroatoms. The molecule has 424 valence electrons. The zero-order valence-electron chi connectivity index (χ0n) is 44.2. The van der Waals surface area contributed by atoms with E-state index in [4.69, 9.17) is 28.4 Å². The van der Waals surface area contributed by atoms with Crippen molar-refractivity contribution in [3.63, 3.8) is 0 Å². The molecule has 2 aromatic heterocycles. The molecule has 0 saturated heterocycles. The van der Waals surface area contributed by atoms with Crippen LogP contribution in [0.15, 0.2) is 58.0 Å². The molecule has 2 rings (SSSR count). The summed E-state index contributed by atoms with van der Waals surface area (Å²) in [7, 11) is 0. The molecule has 24 nitrogen and oxygen atoms in total. The molecule has 0 unspecified atom stereocenters. The number of carbonyl (C=O) groups is 7. The average molecular weight is 1070 g/mol. The Morgan fingerprint density at radius 2 is 0.868 bits per heavy atom. The number of rotatable bonds is 42. The van der Waals surface area contributed by atoms with Crippen molar-refractivity contribution in [2.45, 2.75) is 155 Å². The van der Waals surface area contributed by atoms with E-state index < -0.39 is 53.1 Å². The van der Waals surface area contributed by atoms with Crippen LogP contribution in [0.5, 0.6) is 0 Å². The van der Waals surface area contributed by atoms with Gasteiger partial charge in [0, 0.05) is 70.5 Å². The molecule has 0 spiro atoms. The fraction of sp³-hybridized carbons (Fsp3) is 0.635. The van der Waals surface area contributed by atoms with Crippen molar-refractivity contribution in [1.29, 1.82) is 0 Å². The number of amides is 4. The zero-order valence-corrected chi connectivity index (χ0v) is 44.2. The van der Waals surface area contributed by atoms with Crippen LogP contribution in [-0.4, -0.2) is 120 Å². The number of carbonyl (C=O) groups excluding carboxylic acids is 7. The van der Waals surface area contributed by atoms with Gasteiger partial charge in [0.15, 0.2) is 0 Å². The van der Waals surface area contributed by atoms with Crippen LogP contribution in [-0.2, 0) is 67.2 Å². The summed E-state index contributed by atoms with van der Waals surface area (Å²) in [5, 5.41) is 10.9. The van der Waals surface area contributed by atoms with Crippen LogP contribution in [0.25, 0.3) is 0 Å². The van der Waals surface area contributed by atoms with Gasteiger partial charge in [0.05, 0.1) is 13.2 Å². The van der Waals surface area contributed by atoms with Gasteiger partial charge in [0.25, 0.3) is 0 Å². The van der Waals surface area contributed by atoms with E-state index in [0.717, 1.165) is 37.8 Å². The monoisotopic (exact) mass is 1070 g/mol. The highest BCUT2D eigenvalue weighted by atomic mass is 16.6. The third-order valence-corrected chi connectivity index (χ3v) is 11.3. The second kappa shape index (κ2) is 41.0. The highest BCUT2D eigenvalue weighted by Gasteiger charge is 2.16. The summed E-state index contributed by atoms with van der Waals surface area (Å²) in [5.74, 6) is -1.56. The van der Waals surface area contributed by atoms with Crippen LogP contribution in [0.1, 0.15) is 134 Å². The van der Waals surface area contributed by atoms with Crippen LogP contribution < -0.4 is 38.3 Å². The molecule has 0 aliphatic carbocycles. The fourth-order valence-electron chi connectivity index (χ4n) is 7.24. The molecule has 0 aliphatic heterocycles. The highest BCUT2D eigenvalue weighted by molar-refractivity contribution is 5.88. The topological polar surface area (TPSA) is 302 Å². The number of hydrogen-bond acceptors (Lipinski definition) is 17. The average Bonchev–Trinajstić information content (AvgIpc) is 3.39. The normalized spacial score (nSPS) is 10.6. The molecule has 0 atom stereocenters. The number of alkyl carbamates (subject to hydrolysis) is 2. The number of urea groups is 1. The van der Waals surface area contributed by atoms with Crippen molar-refractivity contribution < 1.29 is 62.0 Å². The number of nitrogens with one attached hydrogen (secondary N) is 4. The lowest BCUT2D eigenvalue weighted by Gasteiger charge is -2.14. The smallest absolute Gasteiger partial charge is 0.407 e. The van der Waals surface area contributed by atoms with Gasteiger partial charge in [-0.3, -0.25) is 14.9 Å². The van der Waals surface area contributed by atoms with E-state index in [1.165, 1.54) is 0 Å². The Kier molecular flexibility index (Phi) is 35.0. The molecule has 2 aromatic rings. The molecule has 4 N–H and O–H groups in total. The van der Waals surface area contributed by atoms with E-state index >= 15 is 0 Å². The van der Waals surface area contributed by atoms with Gasteiger partial charge in [-0.1, -0.05) is 51.7 Å². The summed E-state index contributed by atoms with van der Waals surface area (Å²) < 4.78 is 33.2. The highest BCUT2D eigenvalue weighted by Crippen LogP contribution is 2.08. The number of esters is 4. The number of pyridine rings is 1. The number of hydrogen-bond donors (Lipinski definition) is 4. The van der Waals surface area contributed by atoms with Crippen LogP contribution in [0.2, 0.25) is 0 Å². The first-order valence-electron chi connectivity index (χ1n) is 26.4. The van der Waals surface area contributed by atoms with Crippen LogP contribution in [0.4, 0.5) is 20.2 Å². The number of aryl methyl sites for hydroxylation is 1. The summed E-state index contributed by atoms with van der Waals surface area (Å²) in [6, 6.07) is 3.22. The van der Waals surface area contributed by atoms with Crippen molar-refractivity contribution in [2.24, 2.45) is 0 Å². The Bertz CT molecular complexity index is 2180. The van der Waals surface area contributed by atoms with Gasteiger partial charge in [0.1, 0.15) is 32.2 Å². The summed E-state index contributed by atoms with van der Waals surface area (Å²) >= 11 is 0. The Balaban J connectivity index is 1.77. The molecule has 0 saturated carbocycles. The Labute approximate surface area is 443 Å². The first kappa shape index (κ1) is 64.8. The Morgan fingerprint density at radius 1 is 0.487 bits per heavy atom. The predicted molar refractivity (Wildman–Crippen MR) is 280 cm³/mol. The van der Waals surface area contributed by atoms with Crippen molar-refractivity contribution >= 4 is 47.9 Å². The maximum Gasteiger partial charge on any atom is 0.407 e. The molecule has 4 amide bonds. The molecular weight excluding hydrogens is 993 g/mol. The molecule has 0 bridgehead atoms. The quantitative estimate of drug-likeness (QED) is 0.0276. The predicted octanol–water partition coefficient (Wildman–Crippen LogP) is 5.50. The van der Waals surface area contributed by atoms with Crippen LogP contribution >= 0.6 is 0 Å². The van der Waals surface area contributed by atoms with Crippen molar-refractivity contribution in [1.82, 2.24) is 34.6 Å². The largest absolute Gasteiger partial charge is 0.462 e. The summed E-state index contributed by atoms with van der Waals surface area (Å²) in [5.41, 5.74) is -1.03. The summed E-state index contributed by atoms with van der Waals surface area (Å²) in [4.78, 5) is 127. The van der Waals surface area contributed by atoms with E-state index in [1.54, 1.807) is 12.3 Å². The van der Waals surface area contributed by atoms with E-state index in [0.29, 0.717) is 135 Å². The third-order valence-electron chi connectivity index (χ3n) is 11.3. The summed E-state index contributed by atoms with van der Waals surface area (Å²) in [6.07, 6.45) is 13.9. The minimum Gasteiger partial charge on any atom is -0.462 e. The minimum absolute atomic E-state index is 0.0363. The van der Waals surface area contributed by atoms with Crippen molar-refractivity contribution in [3.8, 4) is 0 Å². The fourth-order valence-corrected chi connectivity index (χ4v) is 7.24. The number of ether oxygens (including phenoxy) is 6. The number of anilines is 1. The second-order valence-electron chi connectivity index (χ2n) is 17.6. The molecule has 0 aliphatic rings. The maximum atomic E-state index is 13.7. The van der Waals surface area contributed by atoms with Gasteiger partial charge in [-0.05, 0) is 102 Å². The number of nitrogens with zero attached hydrogens (tertiary/aromatic N) is 4. The zero-order chi connectivity index (χ0) is 55.6. The molecule has 2 heterocycles. The van der Waals surface area contributed by atoms with Gasteiger partial charge in [-0.15, -0.1) is 0 Å². The molecular formula is C52H80N8O16. The molecule has 76 heavy (non-hydrogen) atoms. The molecule has 0 fully saturated rings. The van der Waals surface area contributed by atoms with E-state index in [9.17, 15) is 47.9 Å². The third kappa shape index (κ3) is 30.8. The lowest BCUT2D eigenvalue weighted by atomic mass is 10.2. The van der Waals surface area contributed by atoms with E-state index in [1.807, 2.05) is 13.0 Å². The summed E-state index contributed by atoms with van der Waals surface area (Å²) in [6.45, 7) is 10.1. The van der Waals surface area contributed by atoms with Gasteiger partial charge >= 0.3 is 59.2 Å². The lowest BCUT2D eigenvalue weighted by Crippen LogP contribution is -2.54. The van der Waals surface area contributed by atoms with Crippen molar-refractivity contribution in [3.05, 3.63) is 80.7 Å². The lowest BCUT2D eigenvalue weighted by molar-refractivity contribution is -0.149. The van der Waals surface area contributed by atoms with E-state index in [-0.39, 0.29) is 78.1 Å². The minimum atomic E-state index is -0.669. The van der Waals surface area contributed by atoms with Crippen LogP contribution in [0, 0.1) is 6.92 Å². The SMILES string of the molecule is C=CC(=O)OCCOC(=O)CCCCCOC(=O)NCCCCCCn1c(=O)n(CCCCCCNC(=O)Nc2cc(C)ccn2)c(=O)n(CCCCCCNC(=O)OCCCCCC(=O)OCCOC(=O)C=C)c1=O. The number of unbranched alkanes of at least 4 members (excludes halogenated alkanes) is 13. The second-order valence-corrected chi connectivity index (χ2v) is 17.6.